The Bertz CT molecular complexity index is 1010. The first kappa shape index (κ1) is 19.1. The molecule has 3 aromatic rings. The van der Waals surface area contributed by atoms with Gasteiger partial charge in [0.05, 0.1) is 0 Å². The second-order valence-electron chi connectivity index (χ2n) is 7.22. The molecule has 7 heteroatoms. The molecule has 1 aromatic heterocycles. The van der Waals surface area contributed by atoms with Crippen LogP contribution in [0, 0.1) is 12.7 Å². The predicted molar refractivity (Wildman–Crippen MR) is 108 cm³/mol. The minimum Gasteiger partial charge on any atom is -0.484 e. The van der Waals surface area contributed by atoms with Gasteiger partial charge in [-0.1, -0.05) is 18.6 Å². The molecule has 1 aliphatic rings. The molecule has 4 rings (SSSR count). The standard InChI is InChI=1S/C22H23FN4O2/c1-15-6-7-16(22-26-25-20-5-3-2-4-12-27(20)22)13-19(15)24-21(28)14-29-18-10-8-17(23)9-11-18/h6-11,13H,2-5,12,14H2,1H3,(H,24,28). The zero-order valence-corrected chi connectivity index (χ0v) is 16.3. The molecule has 6 nitrogen and oxygen atoms in total. The van der Waals surface area contributed by atoms with Gasteiger partial charge >= 0.3 is 0 Å². The van der Waals surface area contributed by atoms with Crippen LogP contribution >= 0.6 is 0 Å². The fourth-order valence-corrected chi connectivity index (χ4v) is 3.46. The van der Waals surface area contributed by atoms with Crippen LogP contribution in [0.5, 0.6) is 5.75 Å². The van der Waals surface area contributed by atoms with Gasteiger partial charge in [-0.15, -0.1) is 10.2 Å². The summed E-state index contributed by atoms with van der Waals surface area (Å²) in [5.41, 5.74) is 2.58. The lowest BCUT2D eigenvalue weighted by Gasteiger charge is -2.12. The average Bonchev–Trinajstić information content (AvgIpc) is 2.97. The monoisotopic (exact) mass is 394 g/mol. The highest BCUT2D eigenvalue weighted by molar-refractivity contribution is 5.93. The Balaban J connectivity index is 1.48. The molecule has 0 unspecified atom stereocenters. The molecule has 2 aromatic carbocycles. The van der Waals surface area contributed by atoms with Crippen molar-refractivity contribution >= 4 is 11.6 Å². The molecule has 0 spiro atoms. The third-order valence-electron chi connectivity index (χ3n) is 5.06. The molecule has 0 bridgehead atoms. The fraction of sp³-hybridized carbons (Fsp3) is 0.318. The predicted octanol–water partition coefficient (Wildman–Crippen LogP) is 4.14. The van der Waals surface area contributed by atoms with Crippen LogP contribution in [0.15, 0.2) is 42.5 Å². The molecule has 2 heterocycles. The number of nitrogens with one attached hydrogen (secondary N) is 1. The summed E-state index contributed by atoms with van der Waals surface area (Å²) in [6, 6.07) is 11.5. The largest absolute Gasteiger partial charge is 0.484 e. The van der Waals surface area contributed by atoms with Gasteiger partial charge in [0.2, 0.25) is 0 Å². The second kappa shape index (κ2) is 8.43. The van der Waals surface area contributed by atoms with E-state index in [1.54, 1.807) is 0 Å². The van der Waals surface area contributed by atoms with Crippen molar-refractivity contribution in [2.24, 2.45) is 0 Å². The van der Waals surface area contributed by atoms with Gasteiger partial charge in [0.15, 0.2) is 12.4 Å². The van der Waals surface area contributed by atoms with Gasteiger partial charge < -0.3 is 14.6 Å². The smallest absolute Gasteiger partial charge is 0.262 e. The molecule has 0 radical (unpaired) electrons. The number of aromatic nitrogens is 3. The lowest BCUT2D eigenvalue weighted by Crippen LogP contribution is -2.20. The first-order chi connectivity index (χ1) is 14.1. The minimum atomic E-state index is -0.347. The Morgan fingerprint density at radius 3 is 2.79 bits per heavy atom. The Morgan fingerprint density at radius 2 is 1.97 bits per heavy atom. The van der Waals surface area contributed by atoms with E-state index in [1.807, 2.05) is 25.1 Å². The lowest BCUT2D eigenvalue weighted by atomic mass is 10.1. The van der Waals surface area contributed by atoms with Gasteiger partial charge in [-0.25, -0.2) is 4.39 Å². The molecule has 150 valence electrons. The first-order valence-corrected chi connectivity index (χ1v) is 9.81. The van der Waals surface area contributed by atoms with Crippen LogP contribution in [0.3, 0.4) is 0 Å². The van der Waals surface area contributed by atoms with Crippen molar-refractivity contribution < 1.29 is 13.9 Å². The van der Waals surface area contributed by atoms with Crippen LogP contribution in [-0.2, 0) is 17.8 Å². The summed E-state index contributed by atoms with van der Waals surface area (Å²) in [4.78, 5) is 12.3. The van der Waals surface area contributed by atoms with Crippen molar-refractivity contribution in [1.82, 2.24) is 14.8 Å². The number of hydrogen-bond donors (Lipinski definition) is 1. The van der Waals surface area contributed by atoms with Gasteiger partial charge in [-0.2, -0.15) is 0 Å². The van der Waals surface area contributed by atoms with Crippen LogP contribution in [0.25, 0.3) is 11.4 Å². The van der Waals surface area contributed by atoms with Gasteiger partial charge in [0, 0.05) is 24.2 Å². The molecular weight excluding hydrogens is 371 g/mol. The third kappa shape index (κ3) is 4.45. The maximum atomic E-state index is 13.0. The number of ether oxygens (including phenoxy) is 1. The summed E-state index contributed by atoms with van der Waals surface area (Å²) in [6.45, 7) is 2.69. The molecule has 0 fully saturated rings. The van der Waals surface area contributed by atoms with E-state index in [0.717, 1.165) is 48.6 Å². The number of rotatable bonds is 5. The van der Waals surface area contributed by atoms with Crippen LogP contribution in [0.1, 0.15) is 30.7 Å². The SMILES string of the molecule is Cc1ccc(-c2nnc3n2CCCCC3)cc1NC(=O)COc1ccc(F)cc1. The summed E-state index contributed by atoms with van der Waals surface area (Å²) in [7, 11) is 0. The number of benzene rings is 2. The number of nitrogens with zero attached hydrogens (tertiary/aromatic N) is 3. The quantitative estimate of drug-likeness (QED) is 0.706. The first-order valence-electron chi connectivity index (χ1n) is 9.81. The highest BCUT2D eigenvalue weighted by Gasteiger charge is 2.17. The molecule has 1 aliphatic heterocycles. The summed E-state index contributed by atoms with van der Waals surface area (Å²) in [5, 5.41) is 11.6. The molecule has 1 N–H and O–H groups in total. The Morgan fingerprint density at radius 1 is 1.14 bits per heavy atom. The maximum Gasteiger partial charge on any atom is 0.262 e. The average molecular weight is 394 g/mol. The number of hydrogen-bond acceptors (Lipinski definition) is 4. The highest BCUT2D eigenvalue weighted by Crippen LogP contribution is 2.27. The van der Waals surface area contributed by atoms with Crippen molar-refractivity contribution in [3.05, 3.63) is 59.7 Å². The van der Waals surface area contributed by atoms with E-state index in [2.05, 4.69) is 20.1 Å². The topological polar surface area (TPSA) is 69.0 Å². The second-order valence-corrected chi connectivity index (χ2v) is 7.22. The zero-order chi connectivity index (χ0) is 20.2. The fourth-order valence-electron chi connectivity index (χ4n) is 3.46. The number of halogens is 1. The van der Waals surface area contributed by atoms with Crippen molar-refractivity contribution in [2.45, 2.75) is 39.2 Å². The normalized spacial score (nSPS) is 13.4. The summed E-state index contributed by atoms with van der Waals surface area (Å²) in [5.74, 6) is 1.67. The van der Waals surface area contributed by atoms with Gasteiger partial charge in [-0.05, 0) is 55.7 Å². The molecule has 0 saturated carbocycles. The molecular formula is C22H23FN4O2. The van der Waals surface area contributed by atoms with Gasteiger partial charge in [-0.3, -0.25) is 4.79 Å². The van der Waals surface area contributed by atoms with Crippen LogP contribution < -0.4 is 10.1 Å². The number of fused-ring (bicyclic) bond motifs is 1. The summed E-state index contributed by atoms with van der Waals surface area (Å²) >= 11 is 0. The number of carbonyl (C=O) groups is 1. The van der Waals surface area contributed by atoms with E-state index in [-0.39, 0.29) is 18.3 Å². The Kier molecular flexibility index (Phi) is 5.55. The summed E-state index contributed by atoms with van der Waals surface area (Å²) in [6.07, 6.45) is 4.41. The van der Waals surface area contributed by atoms with E-state index in [1.165, 1.54) is 30.7 Å². The Labute approximate surface area is 168 Å². The summed E-state index contributed by atoms with van der Waals surface area (Å²) < 4.78 is 20.6. The van der Waals surface area contributed by atoms with E-state index < -0.39 is 0 Å². The minimum absolute atomic E-state index is 0.157. The highest BCUT2D eigenvalue weighted by atomic mass is 19.1. The van der Waals surface area contributed by atoms with Gasteiger partial charge in [0.1, 0.15) is 17.4 Å². The third-order valence-corrected chi connectivity index (χ3v) is 5.06. The zero-order valence-electron chi connectivity index (χ0n) is 16.3. The van der Waals surface area contributed by atoms with E-state index in [9.17, 15) is 9.18 Å². The number of anilines is 1. The van der Waals surface area contributed by atoms with E-state index >= 15 is 0 Å². The number of aryl methyl sites for hydroxylation is 2. The van der Waals surface area contributed by atoms with Crippen LogP contribution in [0.4, 0.5) is 10.1 Å². The molecule has 29 heavy (non-hydrogen) atoms. The lowest BCUT2D eigenvalue weighted by molar-refractivity contribution is -0.118. The van der Waals surface area contributed by atoms with Gasteiger partial charge in [0.25, 0.3) is 5.91 Å². The van der Waals surface area contributed by atoms with Crippen molar-refractivity contribution in [2.75, 3.05) is 11.9 Å². The van der Waals surface area contributed by atoms with Crippen molar-refractivity contribution in [3.8, 4) is 17.1 Å². The van der Waals surface area contributed by atoms with E-state index in [4.69, 9.17) is 4.74 Å². The molecule has 0 aliphatic carbocycles. The maximum absolute atomic E-state index is 13.0. The van der Waals surface area contributed by atoms with Crippen LogP contribution in [0.2, 0.25) is 0 Å². The molecule has 1 amide bonds. The van der Waals surface area contributed by atoms with E-state index in [0.29, 0.717) is 11.4 Å². The molecule has 0 saturated heterocycles. The number of carbonyl (C=O) groups excluding carboxylic acids is 1. The van der Waals surface area contributed by atoms with Crippen molar-refractivity contribution in [3.63, 3.8) is 0 Å². The van der Waals surface area contributed by atoms with Crippen molar-refractivity contribution in [1.29, 1.82) is 0 Å². The number of amides is 1. The molecule has 0 atom stereocenters. The van der Waals surface area contributed by atoms with Crippen LogP contribution in [-0.4, -0.2) is 27.3 Å². The Hall–Kier alpha value is -3.22.